The number of nitrogens with one attached hydrogen (secondary N) is 1. The highest BCUT2D eigenvalue weighted by Gasteiger charge is 2.53. The van der Waals surface area contributed by atoms with E-state index in [2.05, 4.69) is 10.3 Å². The summed E-state index contributed by atoms with van der Waals surface area (Å²) in [6, 6.07) is 3.40. The molecule has 1 aromatic rings. The third-order valence-corrected chi connectivity index (χ3v) is 4.19. The average molecular weight is 246 g/mol. The second-order valence-corrected chi connectivity index (χ2v) is 5.58. The zero-order chi connectivity index (χ0) is 12.6. The van der Waals surface area contributed by atoms with E-state index in [9.17, 15) is 4.79 Å². The zero-order valence-corrected chi connectivity index (χ0v) is 10.4. The van der Waals surface area contributed by atoms with Crippen LogP contribution in [0.2, 0.25) is 0 Å². The fourth-order valence-electron chi connectivity index (χ4n) is 2.68. The van der Waals surface area contributed by atoms with E-state index in [0.29, 0.717) is 5.41 Å². The van der Waals surface area contributed by atoms with Crippen LogP contribution in [-0.4, -0.2) is 22.6 Å². The monoisotopic (exact) mass is 246 g/mol. The van der Waals surface area contributed by atoms with Crippen LogP contribution in [0.5, 0.6) is 0 Å². The highest BCUT2D eigenvalue weighted by atomic mass is 16.4. The summed E-state index contributed by atoms with van der Waals surface area (Å²) in [5.41, 5.74) is 1.75. The molecule has 2 saturated carbocycles. The third-order valence-electron chi connectivity index (χ3n) is 4.19. The van der Waals surface area contributed by atoms with E-state index in [1.165, 1.54) is 31.9 Å². The van der Waals surface area contributed by atoms with Gasteiger partial charge in [-0.15, -0.1) is 0 Å². The van der Waals surface area contributed by atoms with Crippen molar-refractivity contribution in [3.8, 4) is 0 Å². The Kier molecular flexibility index (Phi) is 2.82. The van der Waals surface area contributed by atoms with E-state index < -0.39 is 5.97 Å². The van der Waals surface area contributed by atoms with Crippen molar-refractivity contribution < 1.29 is 9.90 Å². The van der Waals surface area contributed by atoms with Crippen molar-refractivity contribution in [1.29, 1.82) is 0 Å². The summed E-state index contributed by atoms with van der Waals surface area (Å²) >= 11 is 0. The van der Waals surface area contributed by atoms with Gasteiger partial charge in [0.2, 0.25) is 0 Å². The van der Waals surface area contributed by atoms with E-state index in [0.717, 1.165) is 24.7 Å². The molecule has 2 fully saturated rings. The summed E-state index contributed by atoms with van der Waals surface area (Å²) in [5, 5.41) is 12.2. The summed E-state index contributed by atoms with van der Waals surface area (Å²) < 4.78 is 0. The minimum absolute atomic E-state index is 0.246. The van der Waals surface area contributed by atoms with Crippen LogP contribution in [0.1, 0.15) is 41.7 Å². The molecule has 0 spiro atoms. The molecular formula is C14H18N2O2. The lowest BCUT2D eigenvalue weighted by atomic mass is 10.0. The molecular weight excluding hydrogens is 228 g/mol. The maximum atomic E-state index is 10.7. The SMILES string of the molecule is O=C(O)c1ccc(CNCC2(C3CC3)CC2)nc1. The molecule has 3 rings (SSSR count). The Bertz CT molecular complexity index is 447. The topological polar surface area (TPSA) is 62.2 Å². The Labute approximate surface area is 106 Å². The Balaban J connectivity index is 1.49. The number of pyridine rings is 1. The summed E-state index contributed by atoms with van der Waals surface area (Å²) in [4.78, 5) is 14.8. The normalized spacial score (nSPS) is 20.7. The first-order chi connectivity index (χ1) is 8.70. The molecule has 0 unspecified atom stereocenters. The van der Waals surface area contributed by atoms with E-state index in [1.54, 1.807) is 12.1 Å². The average Bonchev–Trinajstić information content (AvgIpc) is 3.23. The van der Waals surface area contributed by atoms with Crippen molar-refractivity contribution in [3.05, 3.63) is 29.6 Å². The quantitative estimate of drug-likeness (QED) is 0.806. The Morgan fingerprint density at radius 2 is 2.22 bits per heavy atom. The number of hydrogen-bond donors (Lipinski definition) is 2. The number of carboxylic acids is 1. The predicted octanol–water partition coefficient (Wildman–Crippen LogP) is 2.06. The van der Waals surface area contributed by atoms with Crippen molar-refractivity contribution in [2.24, 2.45) is 11.3 Å². The molecule has 2 N–H and O–H groups in total. The second kappa shape index (κ2) is 4.35. The first-order valence-corrected chi connectivity index (χ1v) is 6.59. The van der Waals surface area contributed by atoms with Crippen molar-refractivity contribution in [1.82, 2.24) is 10.3 Å². The molecule has 2 aliphatic carbocycles. The molecule has 1 heterocycles. The molecule has 0 aromatic carbocycles. The first kappa shape index (κ1) is 11.7. The van der Waals surface area contributed by atoms with Gasteiger partial charge in [-0.1, -0.05) is 0 Å². The van der Waals surface area contributed by atoms with Crippen LogP contribution in [0.15, 0.2) is 18.3 Å². The molecule has 1 aromatic heterocycles. The third kappa shape index (κ3) is 2.38. The van der Waals surface area contributed by atoms with Gasteiger partial charge in [0.1, 0.15) is 0 Å². The van der Waals surface area contributed by atoms with Gasteiger partial charge >= 0.3 is 5.97 Å². The zero-order valence-electron chi connectivity index (χ0n) is 10.4. The smallest absolute Gasteiger partial charge is 0.337 e. The van der Waals surface area contributed by atoms with E-state index in [-0.39, 0.29) is 5.56 Å². The Hall–Kier alpha value is -1.42. The summed E-state index contributed by atoms with van der Waals surface area (Å²) in [5.74, 6) is 0.0417. The molecule has 96 valence electrons. The van der Waals surface area contributed by atoms with E-state index >= 15 is 0 Å². The van der Waals surface area contributed by atoms with Gasteiger partial charge in [-0.3, -0.25) is 4.98 Å². The van der Waals surface area contributed by atoms with Gasteiger partial charge in [0.05, 0.1) is 11.3 Å². The molecule has 0 amide bonds. The summed E-state index contributed by atoms with van der Waals surface area (Å²) in [7, 11) is 0. The lowest BCUT2D eigenvalue weighted by Crippen LogP contribution is -2.25. The van der Waals surface area contributed by atoms with Crippen molar-refractivity contribution in [2.45, 2.75) is 32.2 Å². The van der Waals surface area contributed by atoms with Crippen molar-refractivity contribution in [2.75, 3.05) is 6.54 Å². The second-order valence-electron chi connectivity index (χ2n) is 5.58. The minimum Gasteiger partial charge on any atom is -0.478 e. The molecule has 0 saturated heterocycles. The van der Waals surface area contributed by atoms with Crippen molar-refractivity contribution in [3.63, 3.8) is 0 Å². The number of aromatic carboxylic acids is 1. The highest BCUT2D eigenvalue weighted by molar-refractivity contribution is 5.87. The van der Waals surface area contributed by atoms with Gasteiger partial charge in [0.15, 0.2) is 0 Å². The summed E-state index contributed by atoms with van der Waals surface area (Å²) in [6.07, 6.45) is 6.99. The van der Waals surface area contributed by atoms with Crippen LogP contribution in [0.4, 0.5) is 0 Å². The van der Waals surface area contributed by atoms with Gasteiger partial charge < -0.3 is 10.4 Å². The van der Waals surface area contributed by atoms with Crippen LogP contribution in [0, 0.1) is 11.3 Å². The van der Waals surface area contributed by atoms with Gasteiger partial charge in [-0.25, -0.2) is 4.79 Å². The van der Waals surface area contributed by atoms with E-state index in [4.69, 9.17) is 5.11 Å². The molecule has 0 atom stereocenters. The van der Waals surface area contributed by atoms with Crippen molar-refractivity contribution >= 4 is 5.97 Å². The number of hydrogen-bond acceptors (Lipinski definition) is 3. The summed E-state index contributed by atoms with van der Waals surface area (Å²) in [6.45, 7) is 1.81. The van der Waals surface area contributed by atoms with Crippen LogP contribution in [-0.2, 0) is 6.54 Å². The Morgan fingerprint density at radius 3 is 2.72 bits per heavy atom. The van der Waals surface area contributed by atoms with Crippen LogP contribution < -0.4 is 5.32 Å². The fraction of sp³-hybridized carbons (Fsp3) is 0.571. The lowest BCUT2D eigenvalue weighted by molar-refractivity contribution is 0.0696. The minimum atomic E-state index is -0.923. The molecule has 18 heavy (non-hydrogen) atoms. The number of carboxylic acid groups (broad SMARTS) is 1. The number of nitrogens with zero attached hydrogens (tertiary/aromatic N) is 1. The maximum Gasteiger partial charge on any atom is 0.337 e. The predicted molar refractivity (Wildman–Crippen MR) is 67.3 cm³/mol. The largest absolute Gasteiger partial charge is 0.478 e. The van der Waals surface area contributed by atoms with Crippen LogP contribution >= 0.6 is 0 Å². The number of rotatable bonds is 6. The number of aromatic nitrogens is 1. The maximum absolute atomic E-state index is 10.7. The van der Waals surface area contributed by atoms with Crippen LogP contribution in [0.3, 0.4) is 0 Å². The van der Waals surface area contributed by atoms with Gasteiger partial charge in [0, 0.05) is 19.3 Å². The van der Waals surface area contributed by atoms with Crippen LogP contribution in [0.25, 0.3) is 0 Å². The molecule has 0 aliphatic heterocycles. The van der Waals surface area contributed by atoms with E-state index in [1.807, 2.05) is 0 Å². The number of carbonyl (C=O) groups is 1. The fourth-order valence-corrected chi connectivity index (χ4v) is 2.68. The highest BCUT2D eigenvalue weighted by Crippen LogP contribution is 2.60. The van der Waals surface area contributed by atoms with Gasteiger partial charge in [-0.05, 0) is 49.1 Å². The Morgan fingerprint density at radius 1 is 1.44 bits per heavy atom. The van der Waals surface area contributed by atoms with Gasteiger partial charge in [-0.2, -0.15) is 0 Å². The van der Waals surface area contributed by atoms with Gasteiger partial charge in [0.25, 0.3) is 0 Å². The molecule has 4 nitrogen and oxygen atoms in total. The standard InChI is InChI=1S/C14H18N2O2/c17-13(18)10-1-4-12(16-7-10)8-15-9-14(5-6-14)11-2-3-11/h1,4,7,11,15H,2-3,5-6,8-9H2,(H,17,18). The lowest BCUT2D eigenvalue weighted by Gasteiger charge is -2.14. The molecule has 0 bridgehead atoms. The molecule has 2 aliphatic rings. The molecule has 0 radical (unpaired) electrons. The molecule has 4 heteroatoms. The first-order valence-electron chi connectivity index (χ1n) is 6.59.